The normalized spacial score (nSPS) is 28.3. The van der Waals surface area contributed by atoms with Gasteiger partial charge >= 0.3 is 0 Å². The zero-order valence-corrected chi connectivity index (χ0v) is 16.3. The molecule has 26 heavy (non-hydrogen) atoms. The van der Waals surface area contributed by atoms with Crippen molar-refractivity contribution < 1.29 is 19.0 Å². The predicted molar refractivity (Wildman–Crippen MR) is 101 cm³/mol. The Bertz CT molecular complexity index is 630. The first kappa shape index (κ1) is 19.0. The van der Waals surface area contributed by atoms with Gasteiger partial charge in [0.15, 0.2) is 11.5 Å². The highest BCUT2D eigenvalue weighted by Gasteiger charge is 2.40. The van der Waals surface area contributed by atoms with Crippen molar-refractivity contribution in [1.29, 1.82) is 0 Å². The number of benzene rings is 1. The number of ether oxygens (including phenoxy) is 3. The maximum atomic E-state index is 11.7. The Kier molecular flexibility index (Phi) is 6.07. The van der Waals surface area contributed by atoms with Gasteiger partial charge in [0.05, 0.1) is 25.4 Å². The van der Waals surface area contributed by atoms with Crippen LogP contribution in [0.2, 0.25) is 0 Å². The van der Waals surface area contributed by atoms with Gasteiger partial charge < -0.3 is 19.5 Å². The Hall–Kier alpha value is -1.75. The van der Waals surface area contributed by atoms with Crippen LogP contribution < -0.4 is 14.8 Å². The van der Waals surface area contributed by atoms with Gasteiger partial charge in [-0.3, -0.25) is 4.79 Å². The number of carbonyl (C=O) groups excluding carboxylic acids is 1. The molecule has 1 aliphatic heterocycles. The van der Waals surface area contributed by atoms with Crippen molar-refractivity contribution in [3.63, 3.8) is 0 Å². The summed E-state index contributed by atoms with van der Waals surface area (Å²) >= 11 is 0. The molecule has 5 heteroatoms. The number of amides is 1. The lowest BCUT2D eigenvalue weighted by molar-refractivity contribution is -0.131. The Morgan fingerprint density at radius 3 is 2.69 bits per heavy atom. The molecule has 3 rings (SSSR count). The zero-order chi connectivity index (χ0) is 18.7. The smallest absolute Gasteiger partial charge is 0.217 e. The van der Waals surface area contributed by atoms with E-state index < -0.39 is 0 Å². The fourth-order valence-electron chi connectivity index (χ4n) is 4.30. The molecule has 1 saturated heterocycles. The molecule has 1 aliphatic carbocycles. The van der Waals surface area contributed by atoms with Crippen LogP contribution in [0.5, 0.6) is 11.5 Å². The van der Waals surface area contributed by atoms with Gasteiger partial charge in [0, 0.05) is 18.9 Å². The molecule has 144 valence electrons. The highest BCUT2D eigenvalue weighted by Crippen LogP contribution is 2.43. The molecule has 1 heterocycles. The largest absolute Gasteiger partial charge is 0.493 e. The van der Waals surface area contributed by atoms with Gasteiger partial charge in [-0.15, -0.1) is 0 Å². The molecule has 4 atom stereocenters. The van der Waals surface area contributed by atoms with E-state index in [0.717, 1.165) is 36.3 Å². The first-order valence-electron chi connectivity index (χ1n) is 9.75. The van der Waals surface area contributed by atoms with Gasteiger partial charge in [0.25, 0.3) is 0 Å². The second kappa shape index (κ2) is 8.30. The Morgan fingerprint density at radius 1 is 1.23 bits per heavy atom. The van der Waals surface area contributed by atoms with Crippen molar-refractivity contribution >= 4 is 5.91 Å². The SMILES string of the molecule is COc1cc([C@H]2C[C@@H](NC(C)=O)[C@@H]3CCCC[C@H]3O2)ccc1OC(C)C. The molecule has 1 aromatic carbocycles. The standard InChI is InChI=1S/C21H31NO4/c1-13(2)25-19-10-9-15(11-21(19)24-4)20-12-17(22-14(3)23)16-7-5-6-8-18(16)26-20/h9-11,13,16-18,20H,5-8,12H2,1-4H3,(H,22,23)/t16-,17+,18+,20+/m0/s1. The van der Waals surface area contributed by atoms with Crippen LogP contribution in [-0.4, -0.2) is 31.3 Å². The summed E-state index contributed by atoms with van der Waals surface area (Å²) in [5.41, 5.74) is 1.08. The predicted octanol–water partition coefficient (Wildman–Crippen LogP) is 4.01. The molecule has 1 amide bonds. The third-order valence-corrected chi connectivity index (χ3v) is 5.39. The summed E-state index contributed by atoms with van der Waals surface area (Å²) in [5, 5.41) is 3.17. The third-order valence-electron chi connectivity index (χ3n) is 5.39. The lowest BCUT2D eigenvalue weighted by atomic mass is 9.76. The minimum atomic E-state index is -0.0341. The van der Waals surface area contributed by atoms with Gasteiger partial charge in [-0.1, -0.05) is 18.9 Å². The number of methoxy groups -OCH3 is 1. The molecule has 0 aromatic heterocycles. The first-order chi connectivity index (χ1) is 12.5. The average molecular weight is 361 g/mol. The summed E-state index contributed by atoms with van der Waals surface area (Å²) in [6.45, 7) is 5.60. The number of hydrogen-bond donors (Lipinski definition) is 1. The van der Waals surface area contributed by atoms with E-state index >= 15 is 0 Å². The van der Waals surface area contributed by atoms with Gasteiger partial charge in [0.1, 0.15) is 0 Å². The van der Waals surface area contributed by atoms with Crippen molar-refractivity contribution in [3.8, 4) is 11.5 Å². The Labute approximate surface area is 156 Å². The van der Waals surface area contributed by atoms with Crippen LogP contribution in [0.25, 0.3) is 0 Å². The van der Waals surface area contributed by atoms with Crippen LogP contribution in [0.3, 0.4) is 0 Å². The van der Waals surface area contributed by atoms with Crippen molar-refractivity contribution in [2.24, 2.45) is 5.92 Å². The molecule has 0 radical (unpaired) electrons. The molecular formula is C21H31NO4. The van der Waals surface area contributed by atoms with E-state index in [1.807, 2.05) is 26.0 Å². The van der Waals surface area contributed by atoms with E-state index in [9.17, 15) is 4.79 Å². The lowest BCUT2D eigenvalue weighted by Crippen LogP contribution is -2.50. The van der Waals surface area contributed by atoms with Crippen molar-refractivity contribution in [3.05, 3.63) is 23.8 Å². The van der Waals surface area contributed by atoms with Crippen LogP contribution in [0.1, 0.15) is 64.5 Å². The summed E-state index contributed by atoms with van der Waals surface area (Å²) in [7, 11) is 1.66. The zero-order valence-electron chi connectivity index (χ0n) is 16.3. The second-order valence-electron chi connectivity index (χ2n) is 7.73. The molecule has 1 saturated carbocycles. The summed E-state index contributed by atoms with van der Waals surface area (Å²) in [6.07, 6.45) is 5.70. The van der Waals surface area contributed by atoms with Gasteiger partial charge in [-0.25, -0.2) is 0 Å². The molecule has 1 aromatic rings. The van der Waals surface area contributed by atoms with Gasteiger partial charge in [-0.2, -0.15) is 0 Å². The van der Waals surface area contributed by atoms with Crippen LogP contribution in [0.15, 0.2) is 18.2 Å². The van der Waals surface area contributed by atoms with Crippen LogP contribution >= 0.6 is 0 Å². The summed E-state index contributed by atoms with van der Waals surface area (Å²) in [4.78, 5) is 11.7. The quantitative estimate of drug-likeness (QED) is 0.861. The Morgan fingerprint density at radius 2 is 2.00 bits per heavy atom. The second-order valence-corrected chi connectivity index (χ2v) is 7.73. The molecule has 0 unspecified atom stereocenters. The maximum absolute atomic E-state index is 11.7. The average Bonchev–Trinajstić information content (AvgIpc) is 2.61. The Balaban J connectivity index is 1.82. The highest BCUT2D eigenvalue weighted by molar-refractivity contribution is 5.73. The van der Waals surface area contributed by atoms with Gasteiger partial charge in [0.2, 0.25) is 5.91 Å². The van der Waals surface area contributed by atoms with E-state index in [4.69, 9.17) is 14.2 Å². The number of rotatable bonds is 5. The minimum Gasteiger partial charge on any atom is -0.493 e. The lowest BCUT2D eigenvalue weighted by Gasteiger charge is -2.45. The fourth-order valence-corrected chi connectivity index (χ4v) is 4.30. The molecule has 0 spiro atoms. The van der Waals surface area contributed by atoms with E-state index in [1.165, 1.54) is 12.8 Å². The molecule has 2 fully saturated rings. The molecule has 5 nitrogen and oxygen atoms in total. The fraction of sp³-hybridized carbons (Fsp3) is 0.667. The molecular weight excluding hydrogens is 330 g/mol. The van der Waals surface area contributed by atoms with Crippen LogP contribution in [0.4, 0.5) is 0 Å². The van der Waals surface area contributed by atoms with Crippen molar-refractivity contribution in [1.82, 2.24) is 5.32 Å². The topological polar surface area (TPSA) is 56.8 Å². The molecule has 2 aliphatic rings. The van der Waals surface area contributed by atoms with Crippen LogP contribution in [-0.2, 0) is 9.53 Å². The summed E-state index contributed by atoms with van der Waals surface area (Å²) in [5.74, 6) is 1.94. The van der Waals surface area contributed by atoms with Gasteiger partial charge in [-0.05, 0) is 50.8 Å². The number of nitrogens with one attached hydrogen (secondary N) is 1. The summed E-state index contributed by atoms with van der Waals surface area (Å²) in [6, 6.07) is 6.20. The molecule has 1 N–H and O–H groups in total. The van der Waals surface area contributed by atoms with Crippen LogP contribution in [0, 0.1) is 5.92 Å². The first-order valence-corrected chi connectivity index (χ1v) is 9.75. The maximum Gasteiger partial charge on any atom is 0.217 e. The van der Waals surface area contributed by atoms with E-state index in [1.54, 1.807) is 14.0 Å². The third kappa shape index (κ3) is 4.32. The van der Waals surface area contributed by atoms with Crippen molar-refractivity contribution in [2.75, 3.05) is 7.11 Å². The highest BCUT2D eigenvalue weighted by atomic mass is 16.5. The molecule has 0 bridgehead atoms. The minimum absolute atomic E-state index is 0.0341. The number of hydrogen-bond acceptors (Lipinski definition) is 4. The number of fused-ring (bicyclic) bond motifs is 1. The summed E-state index contributed by atoms with van der Waals surface area (Å²) < 4.78 is 17.8. The number of carbonyl (C=O) groups is 1. The van der Waals surface area contributed by atoms with E-state index in [0.29, 0.717) is 5.92 Å². The van der Waals surface area contributed by atoms with E-state index in [2.05, 4.69) is 11.4 Å². The van der Waals surface area contributed by atoms with Crippen molar-refractivity contribution in [2.45, 2.75) is 77.2 Å². The van der Waals surface area contributed by atoms with E-state index in [-0.39, 0.29) is 30.3 Å². The monoisotopic (exact) mass is 361 g/mol.